The van der Waals surface area contributed by atoms with Gasteiger partial charge < -0.3 is 18.8 Å². The number of aliphatic hydroxyl groups excluding tert-OH is 1. The summed E-state index contributed by atoms with van der Waals surface area (Å²) in [7, 11) is 0. The molecule has 4 aromatic rings. The topological polar surface area (TPSA) is 78.8 Å². The second-order valence-electron chi connectivity index (χ2n) is 10.1. The third-order valence-electron chi connectivity index (χ3n) is 6.80. The second kappa shape index (κ2) is 12.0. The maximum absolute atomic E-state index is 13.3. The number of likely N-dealkylation sites (tertiary alicyclic amines) is 1. The average Bonchev–Trinajstić information content (AvgIpc) is 3.56. The summed E-state index contributed by atoms with van der Waals surface area (Å²) >= 11 is 0. The monoisotopic (exact) mass is 522 g/mol. The standard InChI is InChI=1S/C29H32F2N4O3/c1-20(36)14-34-12-10-21(11-13-34)15-35(16-26-18-37-28(32-26)22-2-6-24(30)7-3-22)17-27-19-38-29(33-27)23-4-8-25(31)9-5-23/h2-9,18-21,36H,10-17H2,1H3/t20-/m0/s1. The molecule has 0 bridgehead atoms. The molecule has 1 atom stereocenters. The molecule has 1 aliphatic heterocycles. The molecule has 1 fully saturated rings. The minimum Gasteiger partial charge on any atom is -0.444 e. The van der Waals surface area contributed by atoms with Gasteiger partial charge in [0.15, 0.2) is 0 Å². The molecule has 0 unspecified atom stereocenters. The molecular weight excluding hydrogens is 490 g/mol. The number of benzene rings is 2. The zero-order chi connectivity index (χ0) is 26.5. The highest BCUT2D eigenvalue weighted by molar-refractivity contribution is 5.53. The summed E-state index contributed by atoms with van der Waals surface area (Å²) in [5.74, 6) is 0.780. The predicted octanol–water partition coefficient (Wildman–Crippen LogP) is 5.37. The van der Waals surface area contributed by atoms with Crippen molar-refractivity contribution in [3.8, 4) is 22.9 Å². The fraction of sp³-hybridized carbons (Fsp3) is 0.379. The van der Waals surface area contributed by atoms with Crippen LogP contribution in [-0.4, -0.2) is 57.2 Å². The molecule has 0 spiro atoms. The van der Waals surface area contributed by atoms with E-state index in [0.717, 1.165) is 55.0 Å². The summed E-state index contributed by atoms with van der Waals surface area (Å²) in [6.07, 6.45) is 5.05. The molecule has 1 saturated heterocycles. The third-order valence-corrected chi connectivity index (χ3v) is 6.80. The Labute approximate surface area is 220 Å². The Hall–Kier alpha value is -3.40. The fourth-order valence-corrected chi connectivity index (χ4v) is 4.94. The highest BCUT2D eigenvalue weighted by atomic mass is 19.1. The summed E-state index contributed by atoms with van der Waals surface area (Å²) in [4.78, 5) is 13.9. The summed E-state index contributed by atoms with van der Waals surface area (Å²) in [5.41, 5.74) is 2.99. The summed E-state index contributed by atoms with van der Waals surface area (Å²) in [5, 5.41) is 9.72. The van der Waals surface area contributed by atoms with Crippen molar-refractivity contribution in [3.63, 3.8) is 0 Å². The van der Waals surface area contributed by atoms with Crippen molar-refractivity contribution in [1.29, 1.82) is 0 Å². The molecule has 7 nitrogen and oxygen atoms in total. The maximum atomic E-state index is 13.3. The molecule has 0 aliphatic carbocycles. The molecule has 2 aromatic carbocycles. The molecule has 2 aromatic heterocycles. The van der Waals surface area contributed by atoms with Gasteiger partial charge in [-0.25, -0.2) is 18.7 Å². The van der Waals surface area contributed by atoms with Crippen molar-refractivity contribution in [3.05, 3.63) is 84.1 Å². The van der Waals surface area contributed by atoms with Gasteiger partial charge in [-0.1, -0.05) is 0 Å². The van der Waals surface area contributed by atoms with Gasteiger partial charge in [0.05, 0.1) is 17.5 Å². The van der Waals surface area contributed by atoms with Gasteiger partial charge in [0.2, 0.25) is 11.8 Å². The molecule has 0 amide bonds. The van der Waals surface area contributed by atoms with Crippen LogP contribution in [0.4, 0.5) is 8.78 Å². The number of β-amino-alcohol motifs (C(OH)–C–C–N with tert-alkyl or cyclic N) is 1. The molecule has 3 heterocycles. The number of hydrogen-bond donors (Lipinski definition) is 1. The number of oxazole rings is 2. The van der Waals surface area contributed by atoms with Crippen molar-refractivity contribution in [2.45, 2.75) is 39.0 Å². The lowest BCUT2D eigenvalue weighted by Gasteiger charge is -2.35. The first-order valence-corrected chi connectivity index (χ1v) is 12.9. The van der Waals surface area contributed by atoms with Gasteiger partial charge in [0.1, 0.15) is 24.2 Å². The number of piperidine rings is 1. The highest BCUT2D eigenvalue weighted by Crippen LogP contribution is 2.25. The van der Waals surface area contributed by atoms with Crippen molar-refractivity contribution in [2.24, 2.45) is 5.92 Å². The minimum absolute atomic E-state index is 0.307. The van der Waals surface area contributed by atoms with E-state index in [4.69, 9.17) is 8.83 Å². The molecular formula is C29H32F2N4O3. The molecule has 1 aliphatic rings. The van der Waals surface area contributed by atoms with Crippen LogP contribution in [0.25, 0.3) is 22.9 Å². The number of rotatable bonds is 10. The van der Waals surface area contributed by atoms with Crippen molar-refractivity contribution in [1.82, 2.24) is 19.8 Å². The first-order valence-electron chi connectivity index (χ1n) is 12.9. The van der Waals surface area contributed by atoms with Gasteiger partial charge in [-0.15, -0.1) is 0 Å². The summed E-state index contributed by atoms with van der Waals surface area (Å²) in [6, 6.07) is 12.1. The van der Waals surface area contributed by atoms with Gasteiger partial charge in [0, 0.05) is 37.3 Å². The van der Waals surface area contributed by atoms with Crippen LogP contribution in [0.1, 0.15) is 31.2 Å². The Morgan fingerprint density at radius 3 is 1.79 bits per heavy atom. The van der Waals surface area contributed by atoms with Crippen LogP contribution in [0.15, 0.2) is 69.9 Å². The lowest BCUT2D eigenvalue weighted by molar-refractivity contribution is 0.0871. The fourth-order valence-electron chi connectivity index (χ4n) is 4.94. The van der Waals surface area contributed by atoms with Crippen LogP contribution in [0.3, 0.4) is 0 Å². The van der Waals surface area contributed by atoms with Crippen LogP contribution in [-0.2, 0) is 13.1 Å². The van der Waals surface area contributed by atoms with E-state index in [1.807, 2.05) is 6.92 Å². The molecule has 0 saturated carbocycles. The van der Waals surface area contributed by atoms with E-state index in [-0.39, 0.29) is 17.7 Å². The Morgan fingerprint density at radius 2 is 1.34 bits per heavy atom. The van der Waals surface area contributed by atoms with Gasteiger partial charge in [0.25, 0.3) is 0 Å². The minimum atomic E-state index is -0.326. The third kappa shape index (κ3) is 6.92. The number of aliphatic hydroxyl groups is 1. The van der Waals surface area contributed by atoms with Crippen LogP contribution in [0, 0.1) is 17.6 Å². The van der Waals surface area contributed by atoms with Crippen molar-refractivity contribution >= 4 is 0 Å². The van der Waals surface area contributed by atoms with Crippen LogP contribution in [0.5, 0.6) is 0 Å². The van der Waals surface area contributed by atoms with Crippen molar-refractivity contribution < 1.29 is 22.7 Å². The average molecular weight is 523 g/mol. The van der Waals surface area contributed by atoms with E-state index in [0.29, 0.717) is 37.3 Å². The van der Waals surface area contributed by atoms with Crippen LogP contribution >= 0.6 is 0 Å². The van der Waals surface area contributed by atoms with Gasteiger partial charge in [-0.05, 0) is 87.3 Å². The van der Waals surface area contributed by atoms with Crippen molar-refractivity contribution in [2.75, 3.05) is 26.2 Å². The molecule has 38 heavy (non-hydrogen) atoms. The number of hydrogen-bond acceptors (Lipinski definition) is 7. The summed E-state index contributed by atoms with van der Waals surface area (Å²) in [6.45, 7) is 6.40. The molecule has 9 heteroatoms. The first kappa shape index (κ1) is 26.2. The molecule has 200 valence electrons. The van der Waals surface area contributed by atoms with Gasteiger partial charge in [-0.3, -0.25) is 4.90 Å². The quantitative estimate of drug-likeness (QED) is 0.300. The molecule has 5 rings (SSSR count). The Balaban J connectivity index is 1.29. The zero-order valence-corrected chi connectivity index (χ0v) is 21.4. The van der Waals surface area contributed by atoms with Gasteiger partial charge >= 0.3 is 0 Å². The van der Waals surface area contributed by atoms with E-state index in [1.165, 1.54) is 24.3 Å². The van der Waals surface area contributed by atoms with E-state index in [9.17, 15) is 13.9 Å². The highest BCUT2D eigenvalue weighted by Gasteiger charge is 2.24. The second-order valence-corrected chi connectivity index (χ2v) is 10.1. The number of halogens is 2. The smallest absolute Gasteiger partial charge is 0.226 e. The number of nitrogens with zero attached hydrogens (tertiary/aromatic N) is 4. The van der Waals surface area contributed by atoms with Gasteiger partial charge in [-0.2, -0.15) is 0 Å². The van der Waals surface area contributed by atoms with E-state index < -0.39 is 0 Å². The van der Waals surface area contributed by atoms with E-state index in [1.54, 1.807) is 36.8 Å². The normalized spacial score (nSPS) is 15.8. The first-order chi connectivity index (χ1) is 18.4. The predicted molar refractivity (Wildman–Crippen MR) is 139 cm³/mol. The van der Waals surface area contributed by atoms with Crippen LogP contribution in [0.2, 0.25) is 0 Å². The van der Waals surface area contributed by atoms with Crippen LogP contribution < -0.4 is 0 Å². The Bertz CT molecular complexity index is 1210. The molecule has 1 N–H and O–H groups in total. The summed E-state index contributed by atoms with van der Waals surface area (Å²) < 4.78 is 38.0. The molecule has 0 radical (unpaired) electrons. The van der Waals surface area contributed by atoms with E-state index in [2.05, 4.69) is 19.8 Å². The van der Waals surface area contributed by atoms with E-state index >= 15 is 0 Å². The maximum Gasteiger partial charge on any atom is 0.226 e. The number of aromatic nitrogens is 2. The Morgan fingerprint density at radius 1 is 0.868 bits per heavy atom. The lowest BCUT2D eigenvalue weighted by Crippen LogP contribution is -2.41. The lowest BCUT2D eigenvalue weighted by atomic mass is 9.95. The SMILES string of the molecule is C[C@H](O)CN1CCC(CN(Cc2coc(-c3ccc(F)cc3)n2)Cc2coc(-c3ccc(F)cc3)n2)CC1. The zero-order valence-electron chi connectivity index (χ0n) is 21.4. The largest absolute Gasteiger partial charge is 0.444 e. The Kier molecular flexibility index (Phi) is 8.26.